The Morgan fingerprint density at radius 3 is 2.65 bits per heavy atom. The number of H-pyrrole nitrogens is 1. The molecule has 26 heavy (non-hydrogen) atoms. The maximum Gasteiger partial charge on any atom is 0.363 e. The summed E-state index contributed by atoms with van der Waals surface area (Å²) in [4.78, 5) is 31.4. The Morgan fingerprint density at radius 1 is 1.08 bits per heavy atom. The Labute approximate surface area is 148 Å². The van der Waals surface area contributed by atoms with Crippen LogP contribution in [0.25, 0.3) is 17.0 Å². The summed E-state index contributed by atoms with van der Waals surface area (Å²) in [6, 6.07) is 16.2. The fraction of sp³-hybridized carbons (Fsp3) is 0.0500. The number of esters is 1. The number of aromatic amines is 1. The smallest absolute Gasteiger partial charge is 0.363 e. The molecule has 0 amide bonds. The third kappa shape index (κ3) is 2.88. The third-order valence-electron chi connectivity index (χ3n) is 4.02. The molecule has 0 unspecified atom stereocenters. The number of cyclic esters (lactones) is 1. The normalized spacial score (nSPS) is 15.2. The predicted molar refractivity (Wildman–Crippen MR) is 98.2 cm³/mol. The fourth-order valence-electron chi connectivity index (χ4n) is 2.69. The summed E-state index contributed by atoms with van der Waals surface area (Å²) < 4.78 is 10.4. The van der Waals surface area contributed by atoms with Crippen molar-refractivity contribution in [3.63, 3.8) is 0 Å². The summed E-state index contributed by atoms with van der Waals surface area (Å²) in [7, 11) is 1.56. The summed E-state index contributed by atoms with van der Waals surface area (Å²) in [6.45, 7) is 0. The number of aromatic nitrogens is 1. The second-order valence-corrected chi connectivity index (χ2v) is 5.71. The van der Waals surface area contributed by atoms with E-state index < -0.39 is 5.97 Å². The number of methoxy groups -OCH3 is 1. The highest BCUT2D eigenvalue weighted by atomic mass is 16.6. The Balaban J connectivity index is 1.76. The average Bonchev–Trinajstić information content (AvgIpc) is 3.03. The van der Waals surface area contributed by atoms with E-state index >= 15 is 0 Å². The molecule has 0 aliphatic carbocycles. The number of pyridine rings is 1. The van der Waals surface area contributed by atoms with Gasteiger partial charge in [0.2, 0.25) is 5.90 Å². The Bertz CT molecular complexity index is 1130. The fourth-order valence-corrected chi connectivity index (χ4v) is 2.69. The van der Waals surface area contributed by atoms with Crippen molar-refractivity contribution in [3.8, 4) is 5.75 Å². The molecule has 1 aliphatic rings. The van der Waals surface area contributed by atoms with E-state index in [-0.39, 0.29) is 17.2 Å². The second kappa shape index (κ2) is 6.33. The van der Waals surface area contributed by atoms with Crippen molar-refractivity contribution in [2.24, 2.45) is 4.99 Å². The van der Waals surface area contributed by atoms with Crippen molar-refractivity contribution < 1.29 is 14.3 Å². The van der Waals surface area contributed by atoms with Crippen molar-refractivity contribution in [1.82, 2.24) is 4.98 Å². The van der Waals surface area contributed by atoms with E-state index in [0.717, 1.165) is 5.39 Å². The molecule has 1 aromatic heterocycles. The SMILES string of the molecule is COc1ccc2cc(/C=C3\N=C(c4ccccc4)OC3=O)c(=O)[nH]c2c1. The number of carbonyl (C=O) groups excluding carboxylic acids is 1. The molecule has 0 saturated carbocycles. The lowest BCUT2D eigenvalue weighted by Crippen LogP contribution is -2.10. The number of hydrogen-bond donors (Lipinski definition) is 1. The van der Waals surface area contributed by atoms with Crippen LogP contribution >= 0.6 is 0 Å². The largest absolute Gasteiger partial charge is 0.497 e. The molecule has 0 atom stereocenters. The number of hydrogen-bond acceptors (Lipinski definition) is 5. The molecule has 1 aliphatic heterocycles. The van der Waals surface area contributed by atoms with Gasteiger partial charge in [0.15, 0.2) is 5.70 Å². The van der Waals surface area contributed by atoms with Crippen LogP contribution in [0, 0.1) is 0 Å². The number of nitrogens with zero attached hydrogens (tertiary/aromatic N) is 1. The number of fused-ring (bicyclic) bond motifs is 1. The molecule has 2 aromatic carbocycles. The summed E-state index contributed by atoms with van der Waals surface area (Å²) in [6.07, 6.45) is 1.43. The van der Waals surface area contributed by atoms with Gasteiger partial charge in [0.25, 0.3) is 5.56 Å². The minimum Gasteiger partial charge on any atom is -0.497 e. The molecule has 2 heterocycles. The van der Waals surface area contributed by atoms with Crippen molar-refractivity contribution in [1.29, 1.82) is 0 Å². The van der Waals surface area contributed by atoms with Gasteiger partial charge in [-0.3, -0.25) is 4.79 Å². The van der Waals surface area contributed by atoms with Gasteiger partial charge >= 0.3 is 5.97 Å². The lowest BCUT2D eigenvalue weighted by molar-refractivity contribution is -0.129. The average molecular weight is 346 g/mol. The number of nitrogens with one attached hydrogen (secondary N) is 1. The van der Waals surface area contributed by atoms with Gasteiger partial charge in [0.1, 0.15) is 5.75 Å². The van der Waals surface area contributed by atoms with Crippen molar-refractivity contribution in [3.05, 3.63) is 81.8 Å². The Kier molecular flexibility index (Phi) is 3.85. The topological polar surface area (TPSA) is 80.8 Å². The van der Waals surface area contributed by atoms with Crippen LogP contribution in [0.15, 0.2) is 70.1 Å². The summed E-state index contributed by atoms with van der Waals surface area (Å²) >= 11 is 0. The van der Waals surface area contributed by atoms with Crippen molar-refractivity contribution in [2.75, 3.05) is 7.11 Å². The van der Waals surface area contributed by atoms with Gasteiger partial charge in [0.05, 0.1) is 12.6 Å². The minimum absolute atomic E-state index is 0.0854. The molecule has 1 N–H and O–H groups in total. The van der Waals surface area contributed by atoms with Crippen LogP contribution in [-0.4, -0.2) is 24.0 Å². The van der Waals surface area contributed by atoms with Crippen LogP contribution in [0.2, 0.25) is 0 Å². The zero-order valence-electron chi connectivity index (χ0n) is 13.9. The minimum atomic E-state index is -0.585. The molecule has 128 valence electrons. The van der Waals surface area contributed by atoms with E-state index in [9.17, 15) is 9.59 Å². The monoisotopic (exact) mass is 346 g/mol. The Hall–Kier alpha value is -3.67. The first-order valence-corrected chi connectivity index (χ1v) is 7.93. The van der Waals surface area contributed by atoms with Crippen LogP contribution in [0.4, 0.5) is 0 Å². The van der Waals surface area contributed by atoms with E-state index in [1.54, 1.807) is 37.4 Å². The van der Waals surface area contributed by atoms with Crippen LogP contribution in [-0.2, 0) is 9.53 Å². The molecule has 0 spiro atoms. The summed E-state index contributed by atoms with van der Waals surface area (Å²) in [5.74, 6) is 0.289. The van der Waals surface area contributed by atoms with Gasteiger partial charge in [0, 0.05) is 17.2 Å². The molecule has 6 heteroatoms. The summed E-state index contributed by atoms with van der Waals surface area (Å²) in [5, 5.41) is 0.816. The van der Waals surface area contributed by atoms with Gasteiger partial charge in [-0.25, -0.2) is 9.79 Å². The Morgan fingerprint density at radius 2 is 1.88 bits per heavy atom. The lowest BCUT2D eigenvalue weighted by Gasteiger charge is -2.03. The first-order chi connectivity index (χ1) is 12.6. The molecule has 3 aromatic rings. The zero-order chi connectivity index (χ0) is 18.1. The predicted octanol–water partition coefficient (Wildman–Crippen LogP) is 2.88. The van der Waals surface area contributed by atoms with Gasteiger partial charge in [-0.2, -0.15) is 0 Å². The van der Waals surface area contributed by atoms with Gasteiger partial charge in [-0.15, -0.1) is 0 Å². The molecule has 0 bridgehead atoms. The molecular weight excluding hydrogens is 332 g/mol. The lowest BCUT2D eigenvalue weighted by atomic mass is 10.1. The van der Waals surface area contributed by atoms with Crippen LogP contribution in [0.1, 0.15) is 11.1 Å². The number of benzene rings is 2. The van der Waals surface area contributed by atoms with Crippen molar-refractivity contribution in [2.45, 2.75) is 0 Å². The first kappa shape index (κ1) is 15.8. The standard InChI is InChI=1S/C20H14N2O4/c1-25-15-8-7-13-9-14(18(23)21-16(13)11-15)10-17-20(24)26-19(22-17)12-5-3-2-4-6-12/h2-11H,1H3,(H,21,23)/b17-10-. The van der Waals surface area contributed by atoms with E-state index in [2.05, 4.69) is 9.98 Å². The van der Waals surface area contributed by atoms with Crippen LogP contribution in [0.3, 0.4) is 0 Å². The number of aliphatic imine (C=N–C) groups is 1. The number of ether oxygens (including phenoxy) is 2. The van der Waals surface area contributed by atoms with E-state index in [0.29, 0.717) is 22.4 Å². The maximum atomic E-state index is 12.3. The molecule has 4 rings (SSSR count). The second-order valence-electron chi connectivity index (χ2n) is 5.71. The van der Waals surface area contributed by atoms with E-state index in [4.69, 9.17) is 9.47 Å². The third-order valence-corrected chi connectivity index (χ3v) is 4.02. The summed E-state index contributed by atoms with van der Waals surface area (Å²) in [5.41, 5.74) is 1.44. The highest BCUT2D eigenvalue weighted by Gasteiger charge is 2.24. The highest BCUT2D eigenvalue weighted by Crippen LogP contribution is 2.21. The quantitative estimate of drug-likeness (QED) is 0.584. The highest BCUT2D eigenvalue weighted by molar-refractivity contribution is 6.12. The van der Waals surface area contributed by atoms with E-state index in [1.165, 1.54) is 6.08 Å². The van der Waals surface area contributed by atoms with Crippen LogP contribution < -0.4 is 10.3 Å². The van der Waals surface area contributed by atoms with Crippen molar-refractivity contribution >= 4 is 28.8 Å². The number of rotatable bonds is 3. The molecule has 0 fully saturated rings. The van der Waals surface area contributed by atoms with Gasteiger partial charge in [-0.1, -0.05) is 18.2 Å². The van der Waals surface area contributed by atoms with E-state index in [1.807, 2.05) is 24.3 Å². The molecule has 0 saturated heterocycles. The molecule has 6 nitrogen and oxygen atoms in total. The molecular formula is C20H14N2O4. The van der Waals surface area contributed by atoms with Gasteiger partial charge < -0.3 is 14.5 Å². The number of carbonyl (C=O) groups is 1. The van der Waals surface area contributed by atoms with Gasteiger partial charge in [-0.05, 0) is 41.8 Å². The first-order valence-electron chi connectivity index (χ1n) is 7.93. The maximum absolute atomic E-state index is 12.3. The zero-order valence-corrected chi connectivity index (χ0v) is 13.9. The van der Waals surface area contributed by atoms with Crippen LogP contribution in [0.5, 0.6) is 5.75 Å². The molecule has 0 radical (unpaired) electrons.